The van der Waals surface area contributed by atoms with Crippen LogP contribution < -0.4 is 15.8 Å². The van der Waals surface area contributed by atoms with Gasteiger partial charge < -0.3 is 20.7 Å². The monoisotopic (exact) mass is 396 g/mol. The van der Waals surface area contributed by atoms with E-state index in [9.17, 15) is 4.79 Å². The molecule has 8 nitrogen and oxygen atoms in total. The van der Waals surface area contributed by atoms with E-state index < -0.39 is 0 Å². The molecule has 1 fully saturated rings. The number of ether oxygens (including phenoxy) is 1. The van der Waals surface area contributed by atoms with Crippen molar-refractivity contribution in [2.24, 2.45) is 23.7 Å². The summed E-state index contributed by atoms with van der Waals surface area (Å²) in [6.07, 6.45) is 3.15. The van der Waals surface area contributed by atoms with Crippen LogP contribution in [0.1, 0.15) is 41.7 Å². The minimum Gasteiger partial charge on any atom is -0.493 e. The number of benzene rings is 1. The first-order chi connectivity index (χ1) is 14.0. The first kappa shape index (κ1) is 19.3. The second-order valence-electron chi connectivity index (χ2n) is 7.82. The number of nitrogens with zero attached hydrogens (tertiary/aromatic N) is 4. The molecule has 8 heteroatoms. The lowest BCUT2D eigenvalue weighted by molar-refractivity contribution is -0.127. The number of aromatic nitrogens is 2. The zero-order valence-corrected chi connectivity index (χ0v) is 17.1. The molecule has 0 spiro atoms. The highest BCUT2D eigenvalue weighted by Crippen LogP contribution is 2.38. The molecule has 0 aliphatic carbocycles. The van der Waals surface area contributed by atoms with Gasteiger partial charge in [0, 0.05) is 56.2 Å². The molecule has 1 aromatic heterocycles. The number of carbonyl (C=O) groups is 1. The first-order valence-corrected chi connectivity index (χ1v) is 9.98. The number of amides is 1. The van der Waals surface area contributed by atoms with E-state index in [2.05, 4.69) is 15.4 Å². The minimum absolute atomic E-state index is 0.0310. The Kier molecular flexibility index (Phi) is 5.17. The third kappa shape index (κ3) is 3.66. The van der Waals surface area contributed by atoms with Crippen molar-refractivity contribution in [2.75, 3.05) is 20.2 Å². The van der Waals surface area contributed by atoms with Gasteiger partial charge in [0.2, 0.25) is 5.91 Å². The average Bonchev–Trinajstić information content (AvgIpc) is 3.19. The van der Waals surface area contributed by atoms with E-state index in [4.69, 9.17) is 10.5 Å². The highest BCUT2D eigenvalue weighted by atomic mass is 16.5. The lowest BCUT2D eigenvalue weighted by Crippen LogP contribution is -2.37. The van der Waals surface area contributed by atoms with Crippen LogP contribution in [-0.4, -0.2) is 46.7 Å². The van der Waals surface area contributed by atoms with Crippen molar-refractivity contribution in [3.05, 3.63) is 47.3 Å². The molecular weight excluding hydrogens is 368 g/mol. The number of likely N-dealkylation sites (tertiary alicyclic amines) is 1. The summed E-state index contributed by atoms with van der Waals surface area (Å²) in [5.41, 5.74) is 9.44. The second-order valence-corrected chi connectivity index (χ2v) is 7.82. The number of nitrogens with two attached hydrogens (primary N) is 1. The number of nitrogens with one attached hydrogen (secondary N) is 1. The summed E-state index contributed by atoms with van der Waals surface area (Å²) in [6.45, 7) is 3.16. The first-order valence-electron chi connectivity index (χ1n) is 9.98. The van der Waals surface area contributed by atoms with E-state index >= 15 is 0 Å². The normalized spacial score (nSPS) is 24.4. The summed E-state index contributed by atoms with van der Waals surface area (Å²) < 4.78 is 7.54. The number of fused-ring (bicyclic) bond motifs is 1. The molecule has 2 aromatic rings. The van der Waals surface area contributed by atoms with Crippen LogP contribution in [0.3, 0.4) is 0 Å². The zero-order valence-electron chi connectivity index (χ0n) is 17.1. The number of aryl methyl sites for hydroxylation is 1. The Morgan fingerprint density at radius 2 is 2.14 bits per heavy atom. The van der Waals surface area contributed by atoms with E-state index in [-0.39, 0.29) is 23.9 Å². The number of aliphatic imine (C=N–C) groups is 1. The SMILES string of the molecule is Cc1c([C@H]2[C@H](CN=C(N)NC3CCOc4ccccc43)CC(=O)N2C)cnn1C. The van der Waals surface area contributed by atoms with Crippen LogP contribution in [0.2, 0.25) is 0 Å². The average molecular weight is 396 g/mol. The molecule has 0 radical (unpaired) electrons. The van der Waals surface area contributed by atoms with Gasteiger partial charge in [0.05, 0.1) is 24.9 Å². The van der Waals surface area contributed by atoms with Gasteiger partial charge in [-0.1, -0.05) is 18.2 Å². The van der Waals surface area contributed by atoms with Crippen LogP contribution in [-0.2, 0) is 11.8 Å². The molecule has 3 N–H and O–H groups in total. The van der Waals surface area contributed by atoms with Crippen LogP contribution in [0.4, 0.5) is 0 Å². The molecular formula is C21H28N6O2. The van der Waals surface area contributed by atoms with Crippen molar-refractivity contribution >= 4 is 11.9 Å². The van der Waals surface area contributed by atoms with Gasteiger partial charge in [-0.25, -0.2) is 0 Å². The van der Waals surface area contributed by atoms with E-state index in [0.29, 0.717) is 25.5 Å². The molecule has 154 valence electrons. The summed E-state index contributed by atoms with van der Waals surface area (Å²) in [5, 5.41) is 7.67. The van der Waals surface area contributed by atoms with Gasteiger partial charge in [-0.3, -0.25) is 14.5 Å². The molecule has 29 heavy (non-hydrogen) atoms. The minimum atomic E-state index is -0.0310. The summed E-state index contributed by atoms with van der Waals surface area (Å²) in [6, 6.07) is 8.02. The Morgan fingerprint density at radius 1 is 1.34 bits per heavy atom. The van der Waals surface area contributed by atoms with Gasteiger partial charge in [-0.15, -0.1) is 0 Å². The standard InChI is InChI=1S/C21H28N6O2/c1-13-16(12-24-27(13)3)20-14(10-19(28)26(20)2)11-23-21(22)25-17-8-9-29-18-7-5-4-6-15(17)18/h4-7,12,14,17,20H,8-11H2,1-3H3,(H3,22,23,25)/t14-,17?,20+/m0/s1. The molecule has 0 saturated carbocycles. The van der Waals surface area contributed by atoms with E-state index in [1.165, 1.54) is 0 Å². The maximum Gasteiger partial charge on any atom is 0.223 e. The Labute approximate surface area is 170 Å². The fourth-order valence-electron chi connectivity index (χ4n) is 4.32. The van der Waals surface area contributed by atoms with Gasteiger partial charge >= 0.3 is 0 Å². The highest BCUT2D eigenvalue weighted by molar-refractivity contribution is 5.80. The largest absolute Gasteiger partial charge is 0.493 e. The van der Waals surface area contributed by atoms with Crippen molar-refractivity contribution in [3.63, 3.8) is 0 Å². The topological polar surface area (TPSA) is 97.8 Å². The van der Waals surface area contributed by atoms with E-state index in [1.807, 2.05) is 61.1 Å². The number of rotatable bonds is 4. The Bertz CT molecular complexity index is 937. The third-order valence-electron chi connectivity index (χ3n) is 6.06. The van der Waals surface area contributed by atoms with Gasteiger partial charge in [0.1, 0.15) is 5.75 Å². The lowest BCUT2D eigenvalue weighted by atomic mass is 9.94. The summed E-state index contributed by atoms with van der Waals surface area (Å²) in [5.74, 6) is 1.48. The van der Waals surface area contributed by atoms with E-state index in [1.54, 1.807) is 0 Å². The molecule has 1 amide bonds. The van der Waals surface area contributed by atoms with Crippen LogP contribution in [0.5, 0.6) is 5.75 Å². The molecule has 3 atom stereocenters. The van der Waals surface area contributed by atoms with Crippen LogP contribution >= 0.6 is 0 Å². The number of hydrogen-bond acceptors (Lipinski definition) is 4. The molecule has 2 aliphatic rings. The lowest BCUT2D eigenvalue weighted by Gasteiger charge is -2.27. The Morgan fingerprint density at radius 3 is 2.90 bits per heavy atom. The number of guanidine groups is 1. The smallest absolute Gasteiger partial charge is 0.223 e. The van der Waals surface area contributed by atoms with Crippen LogP contribution in [0.25, 0.3) is 0 Å². The number of para-hydroxylation sites is 1. The molecule has 4 rings (SSSR count). The van der Waals surface area contributed by atoms with Gasteiger partial charge in [-0.2, -0.15) is 5.10 Å². The molecule has 3 heterocycles. The molecule has 1 unspecified atom stereocenters. The Hall–Kier alpha value is -3.03. The number of carbonyl (C=O) groups excluding carboxylic acids is 1. The predicted octanol–water partition coefficient (Wildman–Crippen LogP) is 1.68. The van der Waals surface area contributed by atoms with Crippen LogP contribution in [0, 0.1) is 12.8 Å². The zero-order chi connectivity index (χ0) is 20.5. The third-order valence-corrected chi connectivity index (χ3v) is 6.06. The molecule has 0 bridgehead atoms. The van der Waals surface area contributed by atoms with Crippen molar-refractivity contribution < 1.29 is 9.53 Å². The molecule has 1 saturated heterocycles. The fraction of sp³-hybridized carbons (Fsp3) is 0.476. The summed E-state index contributed by atoms with van der Waals surface area (Å²) >= 11 is 0. The highest BCUT2D eigenvalue weighted by Gasteiger charge is 2.39. The number of hydrogen-bond donors (Lipinski definition) is 2. The molecule has 1 aromatic carbocycles. The maximum absolute atomic E-state index is 12.4. The second kappa shape index (κ2) is 7.77. The van der Waals surface area contributed by atoms with Crippen molar-refractivity contribution in [2.45, 2.75) is 31.8 Å². The Balaban J connectivity index is 1.48. The van der Waals surface area contributed by atoms with Crippen LogP contribution in [0.15, 0.2) is 35.5 Å². The van der Waals surface area contributed by atoms with Crippen molar-refractivity contribution in [1.82, 2.24) is 20.0 Å². The predicted molar refractivity (Wildman–Crippen MR) is 110 cm³/mol. The summed E-state index contributed by atoms with van der Waals surface area (Å²) in [4.78, 5) is 18.8. The van der Waals surface area contributed by atoms with E-state index in [0.717, 1.165) is 29.0 Å². The van der Waals surface area contributed by atoms with Crippen molar-refractivity contribution in [1.29, 1.82) is 0 Å². The molecule has 2 aliphatic heterocycles. The van der Waals surface area contributed by atoms with Crippen molar-refractivity contribution in [3.8, 4) is 5.75 Å². The van der Waals surface area contributed by atoms with Gasteiger partial charge in [-0.05, 0) is 13.0 Å². The van der Waals surface area contributed by atoms with Gasteiger partial charge in [0.25, 0.3) is 0 Å². The maximum atomic E-state index is 12.4. The fourth-order valence-corrected chi connectivity index (χ4v) is 4.32. The summed E-state index contributed by atoms with van der Waals surface area (Å²) in [7, 11) is 3.76. The quantitative estimate of drug-likeness (QED) is 0.605. The van der Waals surface area contributed by atoms with Gasteiger partial charge in [0.15, 0.2) is 5.96 Å².